The number of rotatable bonds is 5. The van der Waals surface area contributed by atoms with Gasteiger partial charge in [0.2, 0.25) is 0 Å². The molecule has 2 heterocycles. The highest BCUT2D eigenvalue weighted by molar-refractivity contribution is 6.03. The second-order valence-corrected chi connectivity index (χ2v) is 7.22. The van der Waals surface area contributed by atoms with Gasteiger partial charge in [-0.2, -0.15) is 0 Å². The van der Waals surface area contributed by atoms with Crippen molar-refractivity contribution in [1.29, 1.82) is 0 Å². The van der Waals surface area contributed by atoms with Crippen LogP contribution in [0, 0.1) is 5.92 Å². The average molecular weight is 348 g/mol. The smallest absolute Gasteiger partial charge is 0.337 e. The Morgan fingerprint density at radius 3 is 2.42 bits per heavy atom. The average Bonchev–Trinajstić information content (AvgIpc) is 3.03. The molecule has 1 saturated heterocycles. The first-order chi connectivity index (χ1) is 12.7. The number of nitrogens with zero attached hydrogens (tertiary/aromatic N) is 2. The summed E-state index contributed by atoms with van der Waals surface area (Å²) >= 11 is 0. The van der Waals surface area contributed by atoms with Crippen LogP contribution in [0.4, 0.5) is 0 Å². The van der Waals surface area contributed by atoms with E-state index in [0.717, 1.165) is 49.9 Å². The minimum atomic E-state index is -0.849. The Labute approximate surface area is 153 Å². The first kappa shape index (κ1) is 16.9. The van der Waals surface area contributed by atoms with Crippen LogP contribution >= 0.6 is 0 Å². The molecule has 1 fully saturated rings. The van der Waals surface area contributed by atoms with E-state index in [0.29, 0.717) is 11.5 Å². The van der Waals surface area contributed by atoms with Gasteiger partial charge < -0.3 is 9.67 Å². The molecule has 1 N–H and O–H groups in total. The number of carboxylic acids is 1. The van der Waals surface area contributed by atoms with Gasteiger partial charge in [0, 0.05) is 30.2 Å². The molecule has 0 amide bonds. The van der Waals surface area contributed by atoms with Crippen LogP contribution in [0.3, 0.4) is 0 Å². The van der Waals surface area contributed by atoms with Crippen LogP contribution in [0.15, 0.2) is 60.8 Å². The summed E-state index contributed by atoms with van der Waals surface area (Å²) in [5.74, 6) is -0.253. The number of likely N-dealkylation sites (tertiary alicyclic amines) is 1. The number of aromatic nitrogens is 1. The highest BCUT2D eigenvalue weighted by atomic mass is 16.4. The molecule has 0 spiro atoms. The maximum Gasteiger partial charge on any atom is 0.337 e. The van der Waals surface area contributed by atoms with E-state index >= 15 is 0 Å². The third-order valence-corrected chi connectivity index (χ3v) is 5.43. The number of para-hydroxylation sites is 1. The van der Waals surface area contributed by atoms with Gasteiger partial charge in [-0.05, 0) is 43.5 Å². The topological polar surface area (TPSA) is 45.5 Å². The maximum absolute atomic E-state index is 11.5. The van der Waals surface area contributed by atoms with E-state index < -0.39 is 5.97 Å². The lowest BCUT2D eigenvalue weighted by molar-refractivity contribution is 0.0698. The van der Waals surface area contributed by atoms with E-state index in [1.54, 1.807) is 0 Å². The van der Waals surface area contributed by atoms with Crippen molar-refractivity contribution in [1.82, 2.24) is 9.47 Å². The predicted octanol–water partition coefficient (Wildman–Crippen LogP) is 4.25. The molecule has 0 radical (unpaired) electrons. The zero-order valence-electron chi connectivity index (χ0n) is 14.8. The van der Waals surface area contributed by atoms with Crippen LogP contribution in [-0.4, -0.2) is 33.6 Å². The molecule has 134 valence electrons. The number of hydrogen-bond donors (Lipinski definition) is 1. The van der Waals surface area contributed by atoms with Crippen molar-refractivity contribution in [3.63, 3.8) is 0 Å². The molecule has 1 aromatic heterocycles. The number of hydrogen-bond acceptors (Lipinski definition) is 2. The quantitative estimate of drug-likeness (QED) is 0.750. The lowest BCUT2D eigenvalue weighted by Gasteiger charge is -2.32. The Kier molecular flexibility index (Phi) is 4.76. The number of carboxylic acid groups (broad SMARTS) is 1. The first-order valence-corrected chi connectivity index (χ1v) is 9.28. The summed E-state index contributed by atoms with van der Waals surface area (Å²) in [6.07, 6.45) is 4.12. The second kappa shape index (κ2) is 7.34. The van der Waals surface area contributed by atoms with E-state index in [9.17, 15) is 9.90 Å². The number of benzene rings is 2. The van der Waals surface area contributed by atoms with Gasteiger partial charge in [0.05, 0.1) is 5.56 Å². The monoisotopic (exact) mass is 348 g/mol. The Balaban J connectivity index is 1.42. The second-order valence-electron chi connectivity index (χ2n) is 7.22. The van der Waals surface area contributed by atoms with Crippen LogP contribution in [-0.2, 0) is 13.1 Å². The van der Waals surface area contributed by atoms with Gasteiger partial charge in [0.1, 0.15) is 0 Å². The van der Waals surface area contributed by atoms with Crippen LogP contribution in [0.2, 0.25) is 0 Å². The van der Waals surface area contributed by atoms with Crippen molar-refractivity contribution in [2.75, 3.05) is 13.1 Å². The van der Waals surface area contributed by atoms with Crippen molar-refractivity contribution < 1.29 is 9.90 Å². The van der Waals surface area contributed by atoms with Gasteiger partial charge in [0.15, 0.2) is 0 Å². The molecule has 26 heavy (non-hydrogen) atoms. The van der Waals surface area contributed by atoms with Gasteiger partial charge in [-0.15, -0.1) is 0 Å². The number of fused-ring (bicyclic) bond motifs is 1. The molecule has 4 heteroatoms. The molecule has 0 saturated carbocycles. The molecule has 2 aromatic carbocycles. The summed E-state index contributed by atoms with van der Waals surface area (Å²) in [7, 11) is 0. The van der Waals surface area contributed by atoms with E-state index in [4.69, 9.17) is 0 Å². The summed E-state index contributed by atoms with van der Waals surface area (Å²) in [4.78, 5) is 14.0. The van der Waals surface area contributed by atoms with Crippen molar-refractivity contribution in [3.8, 4) is 0 Å². The van der Waals surface area contributed by atoms with Crippen molar-refractivity contribution in [2.24, 2.45) is 5.92 Å². The van der Waals surface area contributed by atoms with Crippen LogP contribution in [0.1, 0.15) is 28.8 Å². The Hall–Kier alpha value is -2.59. The van der Waals surface area contributed by atoms with Crippen LogP contribution < -0.4 is 0 Å². The normalized spacial score (nSPS) is 16.2. The largest absolute Gasteiger partial charge is 0.478 e. The van der Waals surface area contributed by atoms with Gasteiger partial charge in [-0.25, -0.2) is 4.79 Å². The summed E-state index contributed by atoms with van der Waals surface area (Å²) in [6.45, 7) is 4.12. The summed E-state index contributed by atoms with van der Waals surface area (Å²) in [5.41, 5.74) is 2.80. The first-order valence-electron chi connectivity index (χ1n) is 9.28. The zero-order valence-corrected chi connectivity index (χ0v) is 14.8. The molecule has 0 bridgehead atoms. The molecule has 3 aromatic rings. The van der Waals surface area contributed by atoms with Crippen LogP contribution in [0.5, 0.6) is 0 Å². The van der Waals surface area contributed by atoms with E-state index in [1.807, 2.05) is 30.5 Å². The molecule has 1 aliphatic rings. The molecular formula is C22H24N2O2. The van der Waals surface area contributed by atoms with Crippen LogP contribution in [0.25, 0.3) is 10.9 Å². The van der Waals surface area contributed by atoms with Crippen molar-refractivity contribution in [2.45, 2.75) is 25.9 Å². The summed E-state index contributed by atoms with van der Waals surface area (Å²) < 4.78 is 2.14. The molecule has 4 rings (SSSR count). The van der Waals surface area contributed by atoms with Gasteiger partial charge in [0.25, 0.3) is 0 Å². The summed E-state index contributed by atoms with van der Waals surface area (Å²) in [5, 5.41) is 10.3. The van der Waals surface area contributed by atoms with Gasteiger partial charge in [-0.1, -0.05) is 48.5 Å². The van der Waals surface area contributed by atoms with Crippen molar-refractivity contribution in [3.05, 3.63) is 71.9 Å². The van der Waals surface area contributed by atoms with E-state index in [1.165, 1.54) is 5.56 Å². The lowest BCUT2D eigenvalue weighted by Crippen LogP contribution is -2.34. The molecule has 0 unspecified atom stereocenters. The highest BCUT2D eigenvalue weighted by Crippen LogP contribution is 2.26. The minimum Gasteiger partial charge on any atom is -0.478 e. The van der Waals surface area contributed by atoms with Gasteiger partial charge >= 0.3 is 5.97 Å². The maximum atomic E-state index is 11.5. The number of piperidine rings is 1. The van der Waals surface area contributed by atoms with E-state index in [2.05, 4.69) is 39.8 Å². The Morgan fingerprint density at radius 2 is 1.69 bits per heavy atom. The molecule has 4 nitrogen and oxygen atoms in total. The fourth-order valence-electron chi connectivity index (χ4n) is 4.02. The summed E-state index contributed by atoms with van der Waals surface area (Å²) in [6, 6.07) is 18.4. The predicted molar refractivity (Wildman–Crippen MR) is 103 cm³/mol. The van der Waals surface area contributed by atoms with Gasteiger partial charge in [-0.3, -0.25) is 4.90 Å². The molecule has 0 atom stereocenters. The Morgan fingerprint density at radius 1 is 1.00 bits per heavy atom. The minimum absolute atomic E-state index is 0.405. The highest BCUT2D eigenvalue weighted by Gasteiger charge is 2.21. The lowest BCUT2D eigenvalue weighted by atomic mass is 9.96. The SMILES string of the molecule is O=C(O)c1cn(CC2CCN(Cc3ccccc3)CC2)c2ccccc12. The fourth-order valence-corrected chi connectivity index (χ4v) is 4.02. The zero-order chi connectivity index (χ0) is 17.9. The van der Waals surface area contributed by atoms with Crippen molar-refractivity contribution >= 4 is 16.9 Å². The molecular weight excluding hydrogens is 324 g/mol. The third kappa shape index (κ3) is 3.51. The number of carbonyl (C=O) groups is 1. The molecule has 1 aliphatic heterocycles. The molecule has 0 aliphatic carbocycles. The third-order valence-electron chi connectivity index (χ3n) is 5.43. The Bertz CT molecular complexity index is 893. The van der Waals surface area contributed by atoms with E-state index in [-0.39, 0.29) is 0 Å². The standard InChI is InChI=1S/C22H24N2O2/c25-22(26)20-16-24(21-9-5-4-8-19(20)21)15-18-10-12-23(13-11-18)14-17-6-2-1-3-7-17/h1-9,16,18H,10-15H2,(H,25,26). The number of aromatic carboxylic acids is 1. The fraction of sp³-hybridized carbons (Fsp3) is 0.318.